The fourth-order valence-corrected chi connectivity index (χ4v) is 3.35. The maximum absolute atomic E-state index is 12.6. The molecule has 2 N–H and O–H groups in total. The summed E-state index contributed by atoms with van der Waals surface area (Å²) in [6.07, 6.45) is -4.41. The van der Waals surface area contributed by atoms with Gasteiger partial charge in [-0.2, -0.15) is 13.2 Å². The summed E-state index contributed by atoms with van der Waals surface area (Å²) in [5.74, 6) is -0.0181. The molecule has 2 nitrogen and oxygen atoms in total. The first kappa shape index (κ1) is 16.0. The Morgan fingerprint density at radius 3 is 2.48 bits per heavy atom. The van der Waals surface area contributed by atoms with Crippen LogP contribution in [0.5, 0.6) is 0 Å². The molecule has 0 saturated carbocycles. The standard InChI is InChI=1S/C14H11BrF3NOS/c15-11-4-5-13(12(19)7-11)21(20)8-9-2-1-3-10(6-9)14(16,17)18/h1-7H,8,19H2. The average molecular weight is 378 g/mol. The second-order valence-electron chi connectivity index (χ2n) is 4.37. The Kier molecular flexibility index (Phi) is 4.73. The minimum absolute atomic E-state index is 0.0181. The minimum Gasteiger partial charge on any atom is -0.398 e. The highest BCUT2D eigenvalue weighted by molar-refractivity contribution is 9.10. The molecule has 0 bridgehead atoms. The highest BCUT2D eigenvalue weighted by Crippen LogP contribution is 2.30. The Balaban J connectivity index is 2.24. The first-order chi connectivity index (χ1) is 9.77. The lowest BCUT2D eigenvalue weighted by Crippen LogP contribution is -2.06. The van der Waals surface area contributed by atoms with E-state index in [1.807, 2.05) is 0 Å². The van der Waals surface area contributed by atoms with Crippen molar-refractivity contribution in [2.24, 2.45) is 0 Å². The molecule has 2 aromatic rings. The van der Waals surface area contributed by atoms with Crippen LogP contribution in [0.15, 0.2) is 51.8 Å². The van der Waals surface area contributed by atoms with Crippen molar-refractivity contribution in [1.82, 2.24) is 0 Å². The minimum atomic E-state index is -4.41. The number of alkyl halides is 3. The van der Waals surface area contributed by atoms with Gasteiger partial charge in [0.15, 0.2) is 0 Å². The fourth-order valence-electron chi connectivity index (χ4n) is 1.79. The van der Waals surface area contributed by atoms with Crippen molar-refractivity contribution < 1.29 is 17.4 Å². The van der Waals surface area contributed by atoms with Crippen LogP contribution in [0.25, 0.3) is 0 Å². The van der Waals surface area contributed by atoms with Gasteiger partial charge in [-0.15, -0.1) is 0 Å². The Labute approximate surface area is 130 Å². The van der Waals surface area contributed by atoms with Crippen LogP contribution < -0.4 is 5.73 Å². The first-order valence-electron chi connectivity index (χ1n) is 5.87. The van der Waals surface area contributed by atoms with Crippen LogP contribution >= 0.6 is 15.9 Å². The zero-order valence-electron chi connectivity index (χ0n) is 10.7. The first-order valence-corrected chi connectivity index (χ1v) is 7.98. The summed E-state index contributed by atoms with van der Waals surface area (Å²) >= 11 is 3.24. The van der Waals surface area contributed by atoms with Gasteiger partial charge >= 0.3 is 6.18 Å². The van der Waals surface area contributed by atoms with Gasteiger partial charge in [0.05, 0.1) is 27.0 Å². The van der Waals surface area contributed by atoms with Crippen molar-refractivity contribution in [2.45, 2.75) is 16.8 Å². The van der Waals surface area contributed by atoms with Crippen LogP contribution in [0, 0.1) is 0 Å². The largest absolute Gasteiger partial charge is 0.416 e. The second kappa shape index (κ2) is 6.19. The molecule has 0 aliphatic heterocycles. The van der Waals surface area contributed by atoms with Gasteiger partial charge in [-0.05, 0) is 29.8 Å². The third-order valence-electron chi connectivity index (χ3n) is 2.77. The molecule has 2 rings (SSSR count). The van der Waals surface area contributed by atoms with Gasteiger partial charge in [0.2, 0.25) is 0 Å². The van der Waals surface area contributed by atoms with E-state index in [1.165, 1.54) is 12.1 Å². The molecule has 0 fully saturated rings. The van der Waals surface area contributed by atoms with E-state index >= 15 is 0 Å². The lowest BCUT2D eigenvalue weighted by molar-refractivity contribution is -0.137. The zero-order chi connectivity index (χ0) is 15.6. The molecular formula is C14H11BrF3NOS. The van der Waals surface area contributed by atoms with Gasteiger partial charge in [-0.3, -0.25) is 4.21 Å². The van der Waals surface area contributed by atoms with E-state index in [-0.39, 0.29) is 5.75 Å². The molecule has 0 radical (unpaired) electrons. The number of hydrogen-bond acceptors (Lipinski definition) is 2. The SMILES string of the molecule is Nc1cc(Br)ccc1S(=O)Cc1cccc(C(F)(F)F)c1. The van der Waals surface area contributed by atoms with Crippen LogP contribution in [0.4, 0.5) is 18.9 Å². The summed E-state index contributed by atoms with van der Waals surface area (Å²) in [5.41, 5.74) is 5.72. The number of benzene rings is 2. The third kappa shape index (κ3) is 4.07. The number of hydrogen-bond donors (Lipinski definition) is 1. The lowest BCUT2D eigenvalue weighted by Gasteiger charge is -2.10. The number of nitrogen functional groups attached to an aromatic ring is 1. The molecule has 0 amide bonds. The molecule has 0 aliphatic rings. The van der Waals surface area contributed by atoms with Gasteiger partial charge in [-0.25, -0.2) is 0 Å². The van der Waals surface area contributed by atoms with Crippen LogP contribution in [0.1, 0.15) is 11.1 Å². The molecule has 1 atom stereocenters. The molecule has 0 spiro atoms. The monoisotopic (exact) mass is 377 g/mol. The van der Waals surface area contributed by atoms with E-state index in [1.54, 1.807) is 18.2 Å². The fraction of sp³-hybridized carbons (Fsp3) is 0.143. The normalized spacial score (nSPS) is 13.1. The van der Waals surface area contributed by atoms with Gasteiger partial charge in [0.25, 0.3) is 0 Å². The molecule has 2 aromatic carbocycles. The third-order valence-corrected chi connectivity index (χ3v) is 4.72. The van der Waals surface area contributed by atoms with Crippen molar-refractivity contribution >= 4 is 32.4 Å². The van der Waals surface area contributed by atoms with E-state index in [4.69, 9.17) is 5.73 Å². The van der Waals surface area contributed by atoms with E-state index in [9.17, 15) is 17.4 Å². The maximum Gasteiger partial charge on any atom is 0.416 e. The summed E-state index contributed by atoms with van der Waals surface area (Å²) in [6, 6.07) is 9.72. The Hall–Kier alpha value is -1.34. The molecule has 112 valence electrons. The zero-order valence-corrected chi connectivity index (χ0v) is 13.1. The van der Waals surface area contributed by atoms with Gasteiger partial charge in [0.1, 0.15) is 0 Å². The summed E-state index contributed by atoms with van der Waals surface area (Å²) in [5, 5.41) is 0. The summed E-state index contributed by atoms with van der Waals surface area (Å²) in [6.45, 7) is 0. The van der Waals surface area contributed by atoms with Crippen LogP contribution in [0.2, 0.25) is 0 Å². The molecule has 0 aliphatic carbocycles. The second-order valence-corrected chi connectivity index (χ2v) is 6.71. The molecule has 0 aromatic heterocycles. The maximum atomic E-state index is 12.6. The van der Waals surface area contributed by atoms with Crippen LogP contribution in [-0.4, -0.2) is 4.21 Å². The van der Waals surface area contributed by atoms with Crippen molar-refractivity contribution in [2.75, 3.05) is 5.73 Å². The Morgan fingerprint density at radius 2 is 1.86 bits per heavy atom. The van der Waals surface area contributed by atoms with Crippen LogP contribution in [0.3, 0.4) is 0 Å². The summed E-state index contributed by atoms with van der Waals surface area (Å²) in [7, 11) is -1.50. The van der Waals surface area contributed by atoms with Gasteiger partial charge in [-0.1, -0.05) is 34.1 Å². The van der Waals surface area contributed by atoms with Crippen molar-refractivity contribution in [3.63, 3.8) is 0 Å². The quantitative estimate of drug-likeness (QED) is 0.807. The van der Waals surface area contributed by atoms with E-state index in [0.29, 0.717) is 16.1 Å². The molecular weight excluding hydrogens is 367 g/mol. The predicted octanol–water partition coefficient (Wildman–Crippen LogP) is 4.36. The van der Waals surface area contributed by atoms with Crippen LogP contribution in [-0.2, 0) is 22.7 Å². The van der Waals surface area contributed by atoms with Crippen molar-refractivity contribution in [3.05, 3.63) is 58.1 Å². The molecule has 0 saturated heterocycles. The van der Waals surface area contributed by atoms with E-state index in [0.717, 1.165) is 16.6 Å². The lowest BCUT2D eigenvalue weighted by atomic mass is 10.1. The molecule has 21 heavy (non-hydrogen) atoms. The number of nitrogens with two attached hydrogens (primary N) is 1. The Bertz CT molecular complexity index is 688. The number of anilines is 1. The number of rotatable bonds is 3. The van der Waals surface area contributed by atoms with Gasteiger partial charge < -0.3 is 5.73 Å². The smallest absolute Gasteiger partial charge is 0.398 e. The van der Waals surface area contributed by atoms with E-state index < -0.39 is 22.5 Å². The topological polar surface area (TPSA) is 43.1 Å². The molecule has 1 unspecified atom stereocenters. The highest BCUT2D eigenvalue weighted by Gasteiger charge is 2.30. The summed E-state index contributed by atoms with van der Waals surface area (Å²) < 4.78 is 50.9. The summed E-state index contributed by atoms with van der Waals surface area (Å²) in [4.78, 5) is 0.413. The van der Waals surface area contributed by atoms with Gasteiger partial charge in [0, 0.05) is 10.2 Å². The predicted molar refractivity (Wildman–Crippen MR) is 80.1 cm³/mol. The molecule has 0 heterocycles. The highest BCUT2D eigenvalue weighted by atomic mass is 79.9. The number of halogens is 4. The van der Waals surface area contributed by atoms with Crippen molar-refractivity contribution in [1.29, 1.82) is 0 Å². The Morgan fingerprint density at radius 1 is 1.14 bits per heavy atom. The van der Waals surface area contributed by atoms with Crippen molar-refractivity contribution in [3.8, 4) is 0 Å². The average Bonchev–Trinajstić information content (AvgIpc) is 2.37. The molecule has 7 heteroatoms. The van der Waals surface area contributed by atoms with E-state index in [2.05, 4.69) is 15.9 Å².